The van der Waals surface area contributed by atoms with Crippen LogP contribution in [0.2, 0.25) is 0 Å². The minimum absolute atomic E-state index is 0.0000718. The van der Waals surface area contributed by atoms with Crippen molar-refractivity contribution in [2.75, 3.05) is 20.2 Å². The Morgan fingerprint density at radius 1 is 1.29 bits per heavy atom. The van der Waals surface area contributed by atoms with Crippen LogP contribution in [-0.4, -0.2) is 34.8 Å². The second kappa shape index (κ2) is 7.10. The summed E-state index contributed by atoms with van der Waals surface area (Å²) >= 11 is 0. The number of alkyl halides is 3. The predicted octanol–water partition coefficient (Wildman–Crippen LogP) is 1.65. The van der Waals surface area contributed by atoms with Gasteiger partial charge in [0, 0.05) is 6.54 Å². The highest BCUT2D eigenvalue weighted by Gasteiger charge is 2.31. The summed E-state index contributed by atoms with van der Waals surface area (Å²) in [5, 5.41) is 3.05. The van der Waals surface area contributed by atoms with Gasteiger partial charge in [0.15, 0.2) is 0 Å². The van der Waals surface area contributed by atoms with Crippen molar-refractivity contribution in [2.24, 2.45) is 0 Å². The highest BCUT2D eigenvalue weighted by Crippen LogP contribution is 2.25. The average Bonchev–Trinajstić information content (AvgIpc) is 2.42. The molecule has 0 atom stereocenters. The van der Waals surface area contributed by atoms with Crippen molar-refractivity contribution in [2.45, 2.75) is 24.5 Å². The van der Waals surface area contributed by atoms with E-state index in [9.17, 15) is 21.6 Å². The van der Waals surface area contributed by atoms with E-state index in [1.165, 1.54) is 30.0 Å². The summed E-state index contributed by atoms with van der Waals surface area (Å²) in [6.07, 6.45) is -4.62. The monoisotopic (exact) mass is 326 g/mol. The van der Waals surface area contributed by atoms with Crippen LogP contribution in [0.3, 0.4) is 0 Å². The standard InChI is InChI=1S/C12H17F3N2O3S/c1-3-16-7-9-4-5-11(10(6-9)20-2)21(18,19)17-8-12(13,14)15/h4-6,16-17H,3,7-8H2,1-2H3. The SMILES string of the molecule is CCNCc1ccc(S(=O)(=O)NCC(F)(F)F)c(OC)c1. The van der Waals surface area contributed by atoms with Gasteiger partial charge in [0.2, 0.25) is 10.0 Å². The van der Waals surface area contributed by atoms with Crippen LogP contribution in [0, 0.1) is 0 Å². The first kappa shape index (κ1) is 17.7. The molecule has 1 aromatic carbocycles. The summed E-state index contributed by atoms with van der Waals surface area (Å²) in [6, 6.07) is 4.22. The molecule has 21 heavy (non-hydrogen) atoms. The third-order valence-corrected chi connectivity index (χ3v) is 4.00. The zero-order valence-corrected chi connectivity index (χ0v) is 12.4. The fraction of sp³-hybridized carbons (Fsp3) is 0.500. The van der Waals surface area contributed by atoms with Gasteiger partial charge in [0.05, 0.1) is 7.11 Å². The van der Waals surface area contributed by atoms with E-state index >= 15 is 0 Å². The lowest BCUT2D eigenvalue weighted by molar-refractivity contribution is -0.121. The van der Waals surface area contributed by atoms with Crippen LogP contribution >= 0.6 is 0 Å². The maximum absolute atomic E-state index is 12.1. The zero-order chi connectivity index (χ0) is 16.1. The molecule has 2 N–H and O–H groups in total. The van der Waals surface area contributed by atoms with E-state index in [1.54, 1.807) is 0 Å². The molecule has 1 aromatic rings. The van der Waals surface area contributed by atoms with Crippen LogP contribution in [-0.2, 0) is 16.6 Å². The van der Waals surface area contributed by atoms with Crippen molar-refractivity contribution >= 4 is 10.0 Å². The first-order valence-electron chi connectivity index (χ1n) is 6.13. The van der Waals surface area contributed by atoms with Crippen molar-refractivity contribution < 1.29 is 26.3 Å². The fourth-order valence-electron chi connectivity index (χ4n) is 1.57. The van der Waals surface area contributed by atoms with E-state index in [0.717, 1.165) is 12.1 Å². The van der Waals surface area contributed by atoms with Crippen LogP contribution in [0.25, 0.3) is 0 Å². The minimum Gasteiger partial charge on any atom is -0.495 e. The summed E-state index contributed by atoms with van der Waals surface area (Å²) in [5.41, 5.74) is 0.767. The first-order valence-corrected chi connectivity index (χ1v) is 7.62. The predicted molar refractivity (Wildman–Crippen MR) is 71.6 cm³/mol. The van der Waals surface area contributed by atoms with Gasteiger partial charge in [-0.2, -0.15) is 13.2 Å². The van der Waals surface area contributed by atoms with Crippen LogP contribution in [0.5, 0.6) is 5.75 Å². The average molecular weight is 326 g/mol. The summed E-state index contributed by atoms with van der Waals surface area (Å²) < 4.78 is 66.6. The number of nitrogens with one attached hydrogen (secondary N) is 2. The van der Waals surface area contributed by atoms with Gasteiger partial charge < -0.3 is 10.1 Å². The lowest BCUT2D eigenvalue weighted by atomic mass is 10.2. The van der Waals surface area contributed by atoms with Gasteiger partial charge in [-0.05, 0) is 24.2 Å². The number of halogens is 3. The van der Waals surface area contributed by atoms with E-state index in [0.29, 0.717) is 6.54 Å². The Hall–Kier alpha value is -1.32. The molecule has 0 aliphatic heterocycles. The maximum atomic E-state index is 12.1. The molecule has 5 nitrogen and oxygen atoms in total. The smallest absolute Gasteiger partial charge is 0.402 e. The molecule has 0 aromatic heterocycles. The molecule has 0 saturated carbocycles. The Labute approximate surface area is 121 Å². The molecule has 0 bridgehead atoms. The number of benzene rings is 1. The molecule has 1 rings (SSSR count). The number of rotatable bonds is 7. The molecule has 0 aliphatic rings. The Balaban J connectivity index is 3.00. The number of hydrogen-bond donors (Lipinski definition) is 2. The maximum Gasteiger partial charge on any atom is 0.402 e. The van der Waals surface area contributed by atoms with Crippen molar-refractivity contribution in [3.05, 3.63) is 23.8 Å². The number of ether oxygens (including phenoxy) is 1. The van der Waals surface area contributed by atoms with Gasteiger partial charge in [0.25, 0.3) is 0 Å². The van der Waals surface area contributed by atoms with Crippen molar-refractivity contribution in [1.29, 1.82) is 0 Å². The Morgan fingerprint density at radius 2 is 1.95 bits per heavy atom. The highest BCUT2D eigenvalue weighted by atomic mass is 32.2. The van der Waals surface area contributed by atoms with Crippen LogP contribution < -0.4 is 14.8 Å². The molecule has 0 amide bonds. The lowest BCUT2D eigenvalue weighted by Crippen LogP contribution is -2.34. The molecule has 0 heterocycles. The molecule has 0 aliphatic carbocycles. The molecule has 120 valence electrons. The topological polar surface area (TPSA) is 67.4 Å². The van der Waals surface area contributed by atoms with E-state index in [1.807, 2.05) is 6.92 Å². The van der Waals surface area contributed by atoms with Gasteiger partial charge in [-0.25, -0.2) is 13.1 Å². The van der Waals surface area contributed by atoms with Gasteiger partial charge >= 0.3 is 6.18 Å². The molecule has 0 saturated heterocycles. The highest BCUT2D eigenvalue weighted by molar-refractivity contribution is 7.89. The summed E-state index contributed by atoms with van der Waals surface area (Å²) in [7, 11) is -3.03. The van der Waals surface area contributed by atoms with Crippen molar-refractivity contribution in [3.8, 4) is 5.75 Å². The molecule has 0 spiro atoms. The van der Waals surface area contributed by atoms with Crippen LogP contribution in [0.4, 0.5) is 13.2 Å². The normalized spacial score (nSPS) is 12.4. The Kier molecular flexibility index (Phi) is 5.99. The Bertz CT molecular complexity index is 574. The van der Waals surface area contributed by atoms with E-state index < -0.39 is 22.7 Å². The first-order chi connectivity index (χ1) is 9.69. The van der Waals surface area contributed by atoms with E-state index in [-0.39, 0.29) is 10.6 Å². The third-order valence-electron chi connectivity index (χ3n) is 2.56. The largest absolute Gasteiger partial charge is 0.495 e. The second-order valence-electron chi connectivity index (χ2n) is 4.21. The zero-order valence-electron chi connectivity index (χ0n) is 11.6. The molecular weight excluding hydrogens is 309 g/mol. The van der Waals surface area contributed by atoms with E-state index in [4.69, 9.17) is 4.74 Å². The quantitative estimate of drug-likeness (QED) is 0.799. The van der Waals surface area contributed by atoms with E-state index in [2.05, 4.69) is 5.32 Å². The molecule has 9 heteroatoms. The van der Waals surface area contributed by atoms with Crippen molar-refractivity contribution in [3.63, 3.8) is 0 Å². The number of sulfonamides is 1. The van der Waals surface area contributed by atoms with Gasteiger partial charge in [-0.1, -0.05) is 13.0 Å². The summed E-state index contributed by atoms with van der Waals surface area (Å²) in [6.45, 7) is 1.52. The molecular formula is C12H17F3N2O3S. The summed E-state index contributed by atoms with van der Waals surface area (Å²) in [4.78, 5) is -0.325. The number of methoxy groups -OCH3 is 1. The number of hydrogen-bond acceptors (Lipinski definition) is 4. The second-order valence-corrected chi connectivity index (χ2v) is 5.94. The van der Waals surface area contributed by atoms with Gasteiger partial charge in [-0.15, -0.1) is 0 Å². The third kappa shape index (κ3) is 5.52. The van der Waals surface area contributed by atoms with Crippen molar-refractivity contribution in [1.82, 2.24) is 10.0 Å². The summed E-state index contributed by atoms with van der Waals surface area (Å²) in [5.74, 6) is 0.0000718. The van der Waals surface area contributed by atoms with Crippen LogP contribution in [0.1, 0.15) is 12.5 Å². The van der Waals surface area contributed by atoms with Gasteiger partial charge in [0.1, 0.15) is 17.2 Å². The minimum atomic E-state index is -4.62. The molecule has 0 fully saturated rings. The Morgan fingerprint density at radius 3 is 2.48 bits per heavy atom. The van der Waals surface area contributed by atoms with Gasteiger partial charge in [-0.3, -0.25) is 0 Å². The van der Waals surface area contributed by atoms with Crippen LogP contribution in [0.15, 0.2) is 23.1 Å². The molecule has 0 radical (unpaired) electrons. The lowest BCUT2D eigenvalue weighted by Gasteiger charge is -2.13. The fourth-order valence-corrected chi connectivity index (χ4v) is 2.73. The molecule has 0 unspecified atom stereocenters.